The summed E-state index contributed by atoms with van der Waals surface area (Å²) in [6.07, 6.45) is 0.643. The Morgan fingerprint density at radius 1 is 1.08 bits per heavy atom. The largest absolute Gasteiger partial charge is 0.341 e. The first-order chi connectivity index (χ1) is 12.0. The zero-order valence-corrected chi connectivity index (χ0v) is 14.1. The Morgan fingerprint density at radius 2 is 1.84 bits per heavy atom. The molecule has 25 heavy (non-hydrogen) atoms. The number of nitrogens with zero attached hydrogens (tertiary/aromatic N) is 1. The molecule has 0 unspecified atom stereocenters. The number of carbonyl (C=O) groups excluding carboxylic acids is 3. The lowest BCUT2D eigenvalue weighted by atomic mass is 10.0. The number of ketones is 1. The Hall–Kier alpha value is -2.95. The molecular formula is C20H20N2O3. The number of fused-ring (bicyclic) bond motifs is 1. The Balaban J connectivity index is 1.54. The second-order valence-electron chi connectivity index (χ2n) is 6.26. The number of anilines is 1. The van der Waals surface area contributed by atoms with Gasteiger partial charge >= 0.3 is 0 Å². The molecule has 0 fully saturated rings. The Labute approximate surface area is 146 Å². The lowest BCUT2D eigenvalue weighted by Crippen LogP contribution is -2.26. The van der Waals surface area contributed by atoms with E-state index in [2.05, 4.69) is 5.32 Å². The molecule has 0 aromatic heterocycles. The third-order valence-corrected chi connectivity index (χ3v) is 4.31. The van der Waals surface area contributed by atoms with Gasteiger partial charge in [-0.2, -0.15) is 0 Å². The summed E-state index contributed by atoms with van der Waals surface area (Å²) in [7, 11) is 1.74. The quantitative estimate of drug-likeness (QED) is 0.825. The summed E-state index contributed by atoms with van der Waals surface area (Å²) in [6.45, 7) is 0.528. The van der Waals surface area contributed by atoms with Crippen LogP contribution in [-0.4, -0.2) is 29.5 Å². The average Bonchev–Trinajstić information content (AvgIpc) is 2.99. The fourth-order valence-electron chi connectivity index (χ4n) is 2.90. The molecule has 0 radical (unpaired) electrons. The number of Topliss-reactive ketones (excluding diaryl/α,β-unsaturated/α-hetero) is 1. The highest BCUT2D eigenvalue weighted by molar-refractivity contribution is 6.02. The topological polar surface area (TPSA) is 66.5 Å². The average molecular weight is 336 g/mol. The zero-order valence-electron chi connectivity index (χ0n) is 14.1. The van der Waals surface area contributed by atoms with Crippen LogP contribution < -0.4 is 5.32 Å². The van der Waals surface area contributed by atoms with E-state index in [9.17, 15) is 14.4 Å². The second kappa shape index (κ2) is 7.30. The number of carbonyl (C=O) groups is 3. The predicted octanol–water partition coefficient (Wildman–Crippen LogP) is 2.80. The number of hydrogen-bond donors (Lipinski definition) is 1. The molecule has 0 saturated heterocycles. The molecule has 2 aromatic carbocycles. The molecule has 2 amide bonds. The maximum absolute atomic E-state index is 12.3. The molecule has 1 heterocycles. The van der Waals surface area contributed by atoms with Crippen molar-refractivity contribution in [3.05, 3.63) is 65.2 Å². The first-order valence-corrected chi connectivity index (χ1v) is 8.27. The summed E-state index contributed by atoms with van der Waals surface area (Å²) in [4.78, 5) is 37.6. The molecule has 128 valence electrons. The van der Waals surface area contributed by atoms with Crippen LogP contribution in [0.2, 0.25) is 0 Å². The van der Waals surface area contributed by atoms with Crippen LogP contribution in [0.1, 0.15) is 34.3 Å². The van der Waals surface area contributed by atoms with Gasteiger partial charge < -0.3 is 10.2 Å². The number of rotatable bonds is 6. The minimum absolute atomic E-state index is 0.0580. The first-order valence-electron chi connectivity index (χ1n) is 8.27. The molecular weight excluding hydrogens is 316 g/mol. The molecule has 1 N–H and O–H groups in total. The molecule has 5 nitrogen and oxygen atoms in total. The number of nitrogens with one attached hydrogen (secondary N) is 1. The first kappa shape index (κ1) is 16.9. The van der Waals surface area contributed by atoms with Crippen molar-refractivity contribution >= 4 is 23.3 Å². The van der Waals surface area contributed by atoms with Crippen molar-refractivity contribution in [3.8, 4) is 0 Å². The molecule has 0 bridgehead atoms. The number of amides is 2. The van der Waals surface area contributed by atoms with Crippen LogP contribution in [0.3, 0.4) is 0 Å². The van der Waals surface area contributed by atoms with Crippen LogP contribution in [0.5, 0.6) is 0 Å². The lowest BCUT2D eigenvalue weighted by molar-refractivity contribution is -0.130. The van der Waals surface area contributed by atoms with Crippen molar-refractivity contribution in [1.82, 2.24) is 4.90 Å². The van der Waals surface area contributed by atoms with Gasteiger partial charge in [0.25, 0.3) is 0 Å². The van der Waals surface area contributed by atoms with Gasteiger partial charge in [0.05, 0.1) is 6.42 Å². The normalized spacial score (nSPS) is 12.4. The smallest absolute Gasteiger partial charge is 0.228 e. The summed E-state index contributed by atoms with van der Waals surface area (Å²) in [5.41, 5.74) is 3.21. The number of benzene rings is 2. The molecule has 1 aliphatic rings. The summed E-state index contributed by atoms with van der Waals surface area (Å²) in [6, 6.07) is 14.9. The van der Waals surface area contributed by atoms with Crippen LogP contribution in [0.25, 0.3) is 0 Å². The van der Waals surface area contributed by atoms with Gasteiger partial charge in [0.1, 0.15) is 0 Å². The molecule has 0 aliphatic carbocycles. The van der Waals surface area contributed by atoms with Crippen molar-refractivity contribution in [1.29, 1.82) is 0 Å². The van der Waals surface area contributed by atoms with Gasteiger partial charge in [0, 0.05) is 37.7 Å². The van der Waals surface area contributed by atoms with E-state index in [-0.39, 0.29) is 30.4 Å². The zero-order chi connectivity index (χ0) is 17.8. The minimum atomic E-state index is -0.0800. The van der Waals surface area contributed by atoms with Crippen molar-refractivity contribution in [2.75, 3.05) is 12.4 Å². The van der Waals surface area contributed by atoms with Gasteiger partial charge in [-0.25, -0.2) is 0 Å². The van der Waals surface area contributed by atoms with Crippen molar-refractivity contribution < 1.29 is 14.4 Å². The van der Waals surface area contributed by atoms with Gasteiger partial charge in [-0.3, -0.25) is 14.4 Å². The monoisotopic (exact) mass is 336 g/mol. The third-order valence-electron chi connectivity index (χ3n) is 4.31. The van der Waals surface area contributed by atoms with Crippen LogP contribution >= 0.6 is 0 Å². The Morgan fingerprint density at radius 3 is 2.60 bits per heavy atom. The van der Waals surface area contributed by atoms with E-state index in [0.29, 0.717) is 18.5 Å². The Bertz CT molecular complexity index is 815. The number of hydrogen-bond acceptors (Lipinski definition) is 3. The van der Waals surface area contributed by atoms with Gasteiger partial charge in [-0.05, 0) is 29.3 Å². The van der Waals surface area contributed by atoms with Gasteiger partial charge in [-0.1, -0.05) is 30.3 Å². The van der Waals surface area contributed by atoms with E-state index in [4.69, 9.17) is 0 Å². The van der Waals surface area contributed by atoms with Crippen molar-refractivity contribution in [2.24, 2.45) is 0 Å². The summed E-state index contributed by atoms with van der Waals surface area (Å²) in [5.74, 6) is -0.198. The second-order valence-corrected chi connectivity index (χ2v) is 6.26. The molecule has 3 rings (SSSR count). The van der Waals surface area contributed by atoms with E-state index in [1.165, 1.54) is 0 Å². The van der Waals surface area contributed by atoms with Crippen molar-refractivity contribution in [3.63, 3.8) is 0 Å². The standard InChI is InChI=1S/C20H20N2O3/c1-22(13-14-5-3-2-4-6-14)20(25)10-9-18(23)15-7-8-17-16(11-15)12-19(24)21-17/h2-8,11H,9-10,12-13H2,1H3,(H,21,24). The minimum Gasteiger partial charge on any atom is -0.341 e. The van der Waals surface area contributed by atoms with Crippen LogP contribution in [0.4, 0.5) is 5.69 Å². The van der Waals surface area contributed by atoms with Crippen LogP contribution in [-0.2, 0) is 22.6 Å². The Kier molecular flexibility index (Phi) is 4.93. The molecule has 0 saturated carbocycles. The van der Waals surface area contributed by atoms with Gasteiger partial charge in [0.2, 0.25) is 11.8 Å². The summed E-state index contributed by atoms with van der Waals surface area (Å²) >= 11 is 0. The fourth-order valence-corrected chi connectivity index (χ4v) is 2.90. The maximum atomic E-state index is 12.3. The predicted molar refractivity (Wildman–Crippen MR) is 95.3 cm³/mol. The van der Waals surface area contributed by atoms with Gasteiger partial charge in [-0.15, -0.1) is 0 Å². The highest BCUT2D eigenvalue weighted by Crippen LogP contribution is 2.24. The third kappa shape index (κ3) is 4.12. The molecule has 0 atom stereocenters. The SMILES string of the molecule is CN(Cc1ccccc1)C(=O)CCC(=O)c1ccc2c(c1)CC(=O)N2. The highest BCUT2D eigenvalue weighted by atomic mass is 16.2. The van der Waals surface area contributed by atoms with Crippen LogP contribution in [0, 0.1) is 0 Å². The van der Waals surface area contributed by atoms with E-state index in [0.717, 1.165) is 16.8 Å². The van der Waals surface area contributed by atoms with E-state index in [1.807, 2.05) is 30.3 Å². The maximum Gasteiger partial charge on any atom is 0.228 e. The van der Waals surface area contributed by atoms with E-state index in [1.54, 1.807) is 30.1 Å². The highest BCUT2D eigenvalue weighted by Gasteiger charge is 2.19. The lowest BCUT2D eigenvalue weighted by Gasteiger charge is -2.17. The molecule has 2 aromatic rings. The van der Waals surface area contributed by atoms with Crippen molar-refractivity contribution in [2.45, 2.75) is 25.8 Å². The molecule has 1 aliphatic heterocycles. The van der Waals surface area contributed by atoms with Crippen LogP contribution in [0.15, 0.2) is 48.5 Å². The molecule has 5 heteroatoms. The summed E-state index contributed by atoms with van der Waals surface area (Å²) < 4.78 is 0. The fraction of sp³-hybridized carbons (Fsp3) is 0.250. The van der Waals surface area contributed by atoms with E-state index >= 15 is 0 Å². The molecule has 0 spiro atoms. The van der Waals surface area contributed by atoms with Gasteiger partial charge in [0.15, 0.2) is 5.78 Å². The summed E-state index contributed by atoms with van der Waals surface area (Å²) in [5, 5.41) is 2.74. The van der Waals surface area contributed by atoms with E-state index < -0.39 is 0 Å².